The number of nitrogens with two attached hydrogens (primary N) is 1. The van der Waals surface area contributed by atoms with Crippen LogP contribution in [-0.2, 0) is 6.54 Å². The maximum Gasteiger partial charge on any atom is 0.269 e. The zero-order valence-electron chi connectivity index (χ0n) is 11.5. The van der Waals surface area contributed by atoms with Crippen molar-refractivity contribution in [1.29, 1.82) is 0 Å². The number of nitrogens with zero attached hydrogens (tertiary/aromatic N) is 3. The summed E-state index contributed by atoms with van der Waals surface area (Å²) in [6.07, 6.45) is 7.93. The van der Waals surface area contributed by atoms with Crippen LogP contribution < -0.4 is 16.2 Å². The number of anilines is 1. The summed E-state index contributed by atoms with van der Waals surface area (Å²) in [7, 11) is 0. The summed E-state index contributed by atoms with van der Waals surface area (Å²) in [5.74, 6) is 0.684. The van der Waals surface area contributed by atoms with Crippen molar-refractivity contribution in [3.63, 3.8) is 0 Å². The minimum Gasteiger partial charge on any atom is -0.370 e. The second-order valence-corrected chi connectivity index (χ2v) is 5.13. The van der Waals surface area contributed by atoms with Crippen LogP contribution in [0.25, 0.3) is 0 Å². The molecule has 0 saturated carbocycles. The molecule has 0 aromatic carbocycles. The topological polar surface area (TPSA) is 64.2 Å². The van der Waals surface area contributed by atoms with Crippen LogP contribution in [0.4, 0.5) is 5.69 Å². The first kappa shape index (κ1) is 13.8. The van der Waals surface area contributed by atoms with Gasteiger partial charge in [0.15, 0.2) is 0 Å². The van der Waals surface area contributed by atoms with Crippen LogP contribution in [0.5, 0.6) is 0 Å². The van der Waals surface area contributed by atoms with Gasteiger partial charge < -0.3 is 10.6 Å². The molecule has 0 spiro atoms. The molecule has 5 nitrogen and oxygen atoms in total. The van der Waals surface area contributed by atoms with Crippen LogP contribution in [0.1, 0.15) is 19.8 Å². The molecule has 1 aliphatic heterocycles. The fourth-order valence-electron chi connectivity index (χ4n) is 2.43. The highest BCUT2D eigenvalue weighted by Crippen LogP contribution is 2.20. The summed E-state index contributed by atoms with van der Waals surface area (Å²) in [6, 6.07) is 1.68. The Labute approximate surface area is 113 Å². The van der Waals surface area contributed by atoms with E-state index in [2.05, 4.69) is 16.9 Å². The number of aromatic nitrogens is 2. The van der Waals surface area contributed by atoms with E-state index in [1.807, 2.05) is 12.2 Å². The van der Waals surface area contributed by atoms with Crippen LogP contribution in [0, 0.1) is 5.92 Å². The molecule has 1 aromatic heterocycles. The van der Waals surface area contributed by atoms with Crippen molar-refractivity contribution >= 4 is 5.69 Å². The number of piperidine rings is 1. The molecular weight excluding hydrogens is 240 g/mol. The highest BCUT2D eigenvalue weighted by Gasteiger charge is 2.17. The highest BCUT2D eigenvalue weighted by atomic mass is 16.1. The largest absolute Gasteiger partial charge is 0.370 e. The lowest BCUT2D eigenvalue weighted by molar-refractivity contribution is 0.445. The standard InChI is InChI=1S/C14H22N4O/c1-12-5-4-7-17(11-12)13-9-14(19)18(16-10-13)8-3-2-6-15/h2-3,9-10,12H,4-8,11,15H2,1H3/b3-2+. The zero-order chi connectivity index (χ0) is 13.7. The molecule has 1 atom stereocenters. The van der Waals surface area contributed by atoms with E-state index in [1.54, 1.807) is 12.3 Å². The van der Waals surface area contributed by atoms with E-state index in [1.165, 1.54) is 17.5 Å². The van der Waals surface area contributed by atoms with E-state index in [0.717, 1.165) is 18.8 Å². The van der Waals surface area contributed by atoms with Crippen LogP contribution in [-0.4, -0.2) is 29.4 Å². The molecule has 2 N–H and O–H groups in total. The monoisotopic (exact) mass is 262 g/mol. The van der Waals surface area contributed by atoms with Gasteiger partial charge in [-0.2, -0.15) is 5.10 Å². The van der Waals surface area contributed by atoms with Crippen LogP contribution in [0.2, 0.25) is 0 Å². The summed E-state index contributed by atoms with van der Waals surface area (Å²) in [6.45, 7) is 5.24. The van der Waals surface area contributed by atoms with Crippen molar-refractivity contribution in [3.8, 4) is 0 Å². The maximum absolute atomic E-state index is 12.0. The molecule has 0 bridgehead atoms. The molecule has 0 amide bonds. The van der Waals surface area contributed by atoms with Gasteiger partial charge >= 0.3 is 0 Å². The van der Waals surface area contributed by atoms with Gasteiger partial charge in [-0.25, -0.2) is 4.68 Å². The van der Waals surface area contributed by atoms with E-state index in [4.69, 9.17) is 5.73 Å². The summed E-state index contributed by atoms with van der Waals surface area (Å²) in [4.78, 5) is 14.2. The lowest BCUT2D eigenvalue weighted by Gasteiger charge is -2.32. The van der Waals surface area contributed by atoms with Crippen molar-refractivity contribution in [1.82, 2.24) is 9.78 Å². The number of hydrogen-bond acceptors (Lipinski definition) is 4. The van der Waals surface area contributed by atoms with Gasteiger partial charge in [0.2, 0.25) is 0 Å². The Hall–Kier alpha value is -1.62. The maximum atomic E-state index is 12.0. The van der Waals surface area contributed by atoms with E-state index in [-0.39, 0.29) is 5.56 Å². The summed E-state index contributed by atoms with van der Waals surface area (Å²) >= 11 is 0. The Morgan fingerprint density at radius 3 is 3.05 bits per heavy atom. The predicted molar refractivity (Wildman–Crippen MR) is 77.3 cm³/mol. The first-order chi connectivity index (χ1) is 9.20. The third-order valence-corrected chi connectivity index (χ3v) is 3.46. The van der Waals surface area contributed by atoms with E-state index in [0.29, 0.717) is 19.0 Å². The van der Waals surface area contributed by atoms with Gasteiger partial charge in [-0.3, -0.25) is 4.79 Å². The fourth-order valence-corrected chi connectivity index (χ4v) is 2.43. The predicted octanol–water partition coefficient (Wildman–Crippen LogP) is 0.995. The number of hydrogen-bond donors (Lipinski definition) is 1. The van der Waals surface area contributed by atoms with Gasteiger partial charge in [-0.05, 0) is 18.8 Å². The number of rotatable bonds is 4. The van der Waals surface area contributed by atoms with Gasteiger partial charge in [0.1, 0.15) is 0 Å². The van der Waals surface area contributed by atoms with Crippen molar-refractivity contribution < 1.29 is 0 Å². The zero-order valence-corrected chi connectivity index (χ0v) is 11.5. The lowest BCUT2D eigenvalue weighted by atomic mass is 10.00. The third kappa shape index (κ3) is 3.67. The van der Waals surface area contributed by atoms with E-state index < -0.39 is 0 Å². The van der Waals surface area contributed by atoms with Gasteiger partial charge in [-0.1, -0.05) is 19.1 Å². The molecule has 1 aliphatic rings. The summed E-state index contributed by atoms with van der Waals surface area (Å²) < 4.78 is 1.45. The van der Waals surface area contributed by atoms with Gasteiger partial charge in [0, 0.05) is 25.7 Å². The summed E-state index contributed by atoms with van der Waals surface area (Å²) in [5.41, 5.74) is 6.25. The average Bonchev–Trinajstić information content (AvgIpc) is 2.41. The van der Waals surface area contributed by atoms with E-state index >= 15 is 0 Å². The van der Waals surface area contributed by atoms with E-state index in [9.17, 15) is 4.79 Å². The molecule has 0 radical (unpaired) electrons. The second kappa shape index (κ2) is 6.52. The summed E-state index contributed by atoms with van der Waals surface area (Å²) in [5, 5.41) is 4.22. The molecule has 2 rings (SSSR count). The molecule has 104 valence electrons. The van der Waals surface area contributed by atoms with Crippen molar-refractivity contribution in [2.45, 2.75) is 26.3 Å². The lowest BCUT2D eigenvalue weighted by Crippen LogP contribution is -2.35. The molecule has 19 heavy (non-hydrogen) atoms. The van der Waals surface area contributed by atoms with Gasteiger partial charge in [-0.15, -0.1) is 0 Å². The fraction of sp³-hybridized carbons (Fsp3) is 0.571. The van der Waals surface area contributed by atoms with Crippen molar-refractivity contribution in [2.75, 3.05) is 24.5 Å². The molecule has 1 aromatic rings. The smallest absolute Gasteiger partial charge is 0.269 e. The van der Waals surface area contributed by atoms with Crippen molar-refractivity contribution in [3.05, 3.63) is 34.8 Å². The Kier molecular flexibility index (Phi) is 4.74. The molecule has 1 saturated heterocycles. The third-order valence-electron chi connectivity index (χ3n) is 3.46. The molecule has 2 heterocycles. The normalized spacial score (nSPS) is 20.1. The van der Waals surface area contributed by atoms with Crippen LogP contribution in [0.15, 0.2) is 29.2 Å². The Morgan fingerprint density at radius 1 is 1.53 bits per heavy atom. The van der Waals surface area contributed by atoms with Gasteiger partial charge in [0.25, 0.3) is 5.56 Å². The first-order valence-electron chi connectivity index (χ1n) is 6.88. The van der Waals surface area contributed by atoms with Crippen LogP contribution in [0.3, 0.4) is 0 Å². The minimum absolute atomic E-state index is 0.0580. The molecule has 0 aliphatic carbocycles. The second-order valence-electron chi connectivity index (χ2n) is 5.13. The highest BCUT2D eigenvalue weighted by molar-refractivity contribution is 5.43. The molecular formula is C14H22N4O. The Bertz CT molecular complexity index is 494. The Morgan fingerprint density at radius 2 is 2.37 bits per heavy atom. The van der Waals surface area contributed by atoms with Crippen molar-refractivity contribution in [2.24, 2.45) is 11.7 Å². The quantitative estimate of drug-likeness (QED) is 0.822. The van der Waals surface area contributed by atoms with Crippen LogP contribution >= 0.6 is 0 Å². The molecule has 1 fully saturated rings. The minimum atomic E-state index is -0.0580. The van der Waals surface area contributed by atoms with Gasteiger partial charge in [0.05, 0.1) is 18.4 Å². The molecule has 5 heteroatoms. The molecule has 1 unspecified atom stereocenters. The SMILES string of the molecule is CC1CCCN(c2cnn(C/C=C/CN)c(=O)c2)C1. The number of allylic oxidation sites excluding steroid dienone is 1. The average molecular weight is 262 g/mol. The Balaban J connectivity index is 2.09. The first-order valence-corrected chi connectivity index (χ1v) is 6.88.